The number of carbonyl (C=O) groups excluding carboxylic acids is 2. The minimum Gasteiger partial charge on any atom is -0.351 e. The molecule has 1 aliphatic carbocycles. The molecule has 1 aliphatic rings. The molecular formula is C11H21N3O3. The lowest BCUT2D eigenvalue weighted by atomic mass is 9.94. The van der Waals surface area contributed by atoms with Crippen molar-refractivity contribution in [1.29, 1.82) is 0 Å². The van der Waals surface area contributed by atoms with Gasteiger partial charge < -0.3 is 10.6 Å². The number of carbonyl (C=O) groups is 2. The molecule has 0 aromatic carbocycles. The van der Waals surface area contributed by atoms with Gasteiger partial charge in [0.05, 0.1) is 7.11 Å². The number of amides is 3. The highest BCUT2D eigenvalue weighted by atomic mass is 16.6. The van der Waals surface area contributed by atoms with Gasteiger partial charge in [-0.15, -0.1) is 0 Å². The van der Waals surface area contributed by atoms with E-state index in [0.29, 0.717) is 6.54 Å². The van der Waals surface area contributed by atoms with Crippen molar-refractivity contribution < 1.29 is 14.4 Å². The van der Waals surface area contributed by atoms with Crippen LogP contribution in [-0.2, 0) is 9.63 Å². The lowest BCUT2D eigenvalue weighted by molar-refractivity contribution is -0.131. The predicted octanol–water partition coefficient (Wildman–Crippen LogP) is 0.767. The SMILES string of the molecule is CONC(=O)CCN(C(N)=O)C1CCCCC1. The summed E-state index contributed by atoms with van der Waals surface area (Å²) in [6.07, 6.45) is 5.64. The molecule has 1 fully saturated rings. The Morgan fingerprint density at radius 1 is 1.35 bits per heavy atom. The molecule has 1 rings (SSSR count). The number of rotatable bonds is 5. The van der Waals surface area contributed by atoms with E-state index in [9.17, 15) is 9.59 Å². The van der Waals surface area contributed by atoms with E-state index in [1.807, 2.05) is 0 Å². The smallest absolute Gasteiger partial charge is 0.315 e. The van der Waals surface area contributed by atoms with E-state index >= 15 is 0 Å². The molecule has 0 spiro atoms. The summed E-state index contributed by atoms with van der Waals surface area (Å²) >= 11 is 0. The highest BCUT2D eigenvalue weighted by Crippen LogP contribution is 2.22. The van der Waals surface area contributed by atoms with Gasteiger partial charge in [0.1, 0.15) is 0 Å². The predicted molar refractivity (Wildman–Crippen MR) is 62.9 cm³/mol. The van der Waals surface area contributed by atoms with Gasteiger partial charge in [0.2, 0.25) is 5.91 Å². The highest BCUT2D eigenvalue weighted by Gasteiger charge is 2.24. The molecule has 0 saturated heterocycles. The summed E-state index contributed by atoms with van der Waals surface area (Å²) in [5.41, 5.74) is 7.58. The third-order valence-corrected chi connectivity index (χ3v) is 3.09. The number of nitrogens with zero attached hydrogens (tertiary/aromatic N) is 1. The van der Waals surface area contributed by atoms with Crippen molar-refractivity contribution in [2.45, 2.75) is 44.6 Å². The van der Waals surface area contributed by atoms with Crippen LogP contribution in [0.25, 0.3) is 0 Å². The molecule has 1 saturated carbocycles. The molecule has 0 atom stereocenters. The lowest BCUT2D eigenvalue weighted by Gasteiger charge is -2.32. The van der Waals surface area contributed by atoms with Crippen molar-refractivity contribution in [3.05, 3.63) is 0 Å². The molecule has 6 nitrogen and oxygen atoms in total. The fourth-order valence-corrected chi connectivity index (χ4v) is 2.25. The van der Waals surface area contributed by atoms with Crippen molar-refractivity contribution in [2.24, 2.45) is 5.73 Å². The van der Waals surface area contributed by atoms with Gasteiger partial charge in [0, 0.05) is 19.0 Å². The van der Waals surface area contributed by atoms with Crippen LogP contribution in [0.3, 0.4) is 0 Å². The summed E-state index contributed by atoms with van der Waals surface area (Å²) in [6, 6.07) is -0.251. The van der Waals surface area contributed by atoms with Crippen molar-refractivity contribution in [1.82, 2.24) is 10.4 Å². The van der Waals surface area contributed by atoms with E-state index in [4.69, 9.17) is 5.73 Å². The largest absolute Gasteiger partial charge is 0.351 e. The first-order valence-corrected chi connectivity index (χ1v) is 6.03. The number of nitrogens with two attached hydrogens (primary N) is 1. The van der Waals surface area contributed by atoms with Crippen LogP contribution in [0.2, 0.25) is 0 Å². The topological polar surface area (TPSA) is 84.7 Å². The van der Waals surface area contributed by atoms with Gasteiger partial charge in [-0.2, -0.15) is 0 Å². The monoisotopic (exact) mass is 243 g/mol. The zero-order chi connectivity index (χ0) is 12.7. The number of urea groups is 1. The van der Waals surface area contributed by atoms with Gasteiger partial charge in [-0.25, -0.2) is 10.3 Å². The average molecular weight is 243 g/mol. The third-order valence-electron chi connectivity index (χ3n) is 3.09. The van der Waals surface area contributed by atoms with Gasteiger partial charge in [0.25, 0.3) is 0 Å². The molecule has 0 heterocycles. The first-order valence-electron chi connectivity index (χ1n) is 6.03. The second-order valence-electron chi connectivity index (χ2n) is 4.30. The number of nitrogens with one attached hydrogen (secondary N) is 1. The first-order chi connectivity index (χ1) is 8.15. The molecule has 0 bridgehead atoms. The molecule has 3 N–H and O–H groups in total. The summed E-state index contributed by atoms with van der Waals surface area (Å²) in [6.45, 7) is 0.356. The Kier molecular flexibility index (Phi) is 5.76. The van der Waals surface area contributed by atoms with Crippen LogP contribution in [0.1, 0.15) is 38.5 Å². The fourth-order valence-electron chi connectivity index (χ4n) is 2.25. The van der Waals surface area contributed by atoms with Gasteiger partial charge in [-0.05, 0) is 12.8 Å². The van der Waals surface area contributed by atoms with Crippen molar-refractivity contribution in [2.75, 3.05) is 13.7 Å². The Bertz CT molecular complexity index is 265. The minimum absolute atomic E-state index is 0.191. The second kappa shape index (κ2) is 7.11. The molecular weight excluding hydrogens is 222 g/mol. The summed E-state index contributed by atoms with van der Waals surface area (Å²) < 4.78 is 0. The molecule has 6 heteroatoms. The van der Waals surface area contributed by atoms with Crippen molar-refractivity contribution >= 4 is 11.9 Å². The van der Waals surface area contributed by atoms with Crippen molar-refractivity contribution in [3.63, 3.8) is 0 Å². The summed E-state index contributed by atoms with van der Waals surface area (Å²) in [7, 11) is 1.38. The summed E-state index contributed by atoms with van der Waals surface area (Å²) in [4.78, 5) is 28.7. The van der Waals surface area contributed by atoms with Crippen LogP contribution < -0.4 is 11.2 Å². The van der Waals surface area contributed by atoms with Crippen LogP contribution in [-0.4, -0.2) is 36.5 Å². The van der Waals surface area contributed by atoms with Gasteiger partial charge in [-0.3, -0.25) is 9.63 Å². The quantitative estimate of drug-likeness (QED) is 0.699. The molecule has 98 valence electrons. The van der Waals surface area contributed by atoms with Crippen LogP contribution in [0, 0.1) is 0 Å². The minimum atomic E-state index is -0.442. The Hall–Kier alpha value is -1.30. The molecule has 0 aromatic rings. The highest BCUT2D eigenvalue weighted by molar-refractivity contribution is 5.77. The van der Waals surface area contributed by atoms with E-state index in [2.05, 4.69) is 10.3 Å². The summed E-state index contributed by atoms with van der Waals surface area (Å²) in [5, 5.41) is 0. The van der Waals surface area contributed by atoms with E-state index < -0.39 is 6.03 Å². The number of primary amides is 1. The standard InChI is InChI=1S/C11H21N3O3/c1-17-13-10(15)7-8-14(11(12)16)9-5-3-2-4-6-9/h9H,2-8H2,1H3,(H2,12,16)(H,13,15). The van der Waals surface area contributed by atoms with Crippen LogP contribution >= 0.6 is 0 Å². The number of hydrogen-bond donors (Lipinski definition) is 2. The first kappa shape index (κ1) is 13.8. The normalized spacial score (nSPS) is 16.5. The third kappa shape index (κ3) is 4.60. The zero-order valence-corrected chi connectivity index (χ0v) is 10.3. The van der Waals surface area contributed by atoms with Gasteiger partial charge >= 0.3 is 6.03 Å². The van der Waals surface area contributed by atoms with Crippen LogP contribution in [0.15, 0.2) is 0 Å². The maximum atomic E-state index is 11.4. The van der Waals surface area contributed by atoms with E-state index in [1.54, 1.807) is 4.90 Å². The molecule has 0 aliphatic heterocycles. The van der Waals surface area contributed by atoms with E-state index in [-0.39, 0.29) is 18.4 Å². The molecule has 0 aromatic heterocycles. The van der Waals surface area contributed by atoms with E-state index in [0.717, 1.165) is 25.7 Å². The van der Waals surface area contributed by atoms with Crippen molar-refractivity contribution in [3.8, 4) is 0 Å². The van der Waals surface area contributed by atoms with Gasteiger partial charge in [-0.1, -0.05) is 19.3 Å². The fraction of sp³-hybridized carbons (Fsp3) is 0.818. The molecule has 0 radical (unpaired) electrons. The number of hydroxylamine groups is 1. The lowest BCUT2D eigenvalue weighted by Crippen LogP contribution is -2.46. The Balaban J connectivity index is 2.42. The summed E-state index contributed by atoms with van der Waals surface area (Å²) in [5.74, 6) is -0.241. The zero-order valence-electron chi connectivity index (χ0n) is 10.3. The maximum Gasteiger partial charge on any atom is 0.315 e. The maximum absolute atomic E-state index is 11.4. The Labute approximate surface area is 101 Å². The molecule has 3 amide bonds. The average Bonchev–Trinajstić information content (AvgIpc) is 2.30. The van der Waals surface area contributed by atoms with E-state index in [1.165, 1.54) is 13.5 Å². The molecule has 0 unspecified atom stereocenters. The second-order valence-corrected chi connectivity index (χ2v) is 4.30. The Morgan fingerprint density at radius 3 is 2.53 bits per heavy atom. The van der Waals surface area contributed by atoms with Gasteiger partial charge in [0.15, 0.2) is 0 Å². The van der Waals surface area contributed by atoms with Crippen LogP contribution in [0.4, 0.5) is 4.79 Å². The Morgan fingerprint density at radius 2 is 2.00 bits per heavy atom. The number of hydrogen-bond acceptors (Lipinski definition) is 3. The molecule has 17 heavy (non-hydrogen) atoms. The van der Waals surface area contributed by atoms with Crippen LogP contribution in [0.5, 0.6) is 0 Å².